The highest BCUT2D eigenvalue weighted by molar-refractivity contribution is 5.92. The Labute approximate surface area is 163 Å². The number of rotatable bonds is 4. The van der Waals surface area contributed by atoms with Gasteiger partial charge in [0, 0.05) is 35.9 Å². The summed E-state index contributed by atoms with van der Waals surface area (Å²) >= 11 is 0. The van der Waals surface area contributed by atoms with E-state index in [1.165, 1.54) is 0 Å². The Hall–Kier alpha value is -2.89. The average molecular weight is 376 g/mol. The number of fused-ring (bicyclic) bond motifs is 2. The Morgan fingerprint density at radius 1 is 1.18 bits per heavy atom. The van der Waals surface area contributed by atoms with Crippen LogP contribution in [-0.2, 0) is 19.4 Å². The number of nitrogens with zero attached hydrogens (tertiary/aromatic N) is 4. The lowest BCUT2D eigenvalue weighted by atomic mass is 10.1. The highest BCUT2D eigenvalue weighted by Gasteiger charge is 2.28. The SMILES string of the molecule is COc1ccc2nccc(N3CCCC3Cn3nc4c(cc3=O)CCC4)c2c1. The molecule has 3 aromatic rings. The van der Waals surface area contributed by atoms with Crippen LogP contribution in [0.5, 0.6) is 5.75 Å². The van der Waals surface area contributed by atoms with E-state index in [-0.39, 0.29) is 11.6 Å². The molecule has 0 bridgehead atoms. The molecule has 1 saturated heterocycles. The molecule has 0 spiro atoms. The largest absolute Gasteiger partial charge is 0.497 e. The van der Waals surface area contributed by atoms with Gasteiger partial charge in [0.2, 0.25) is 0 Å². The molecule has 5 rings (SSSR count). The summed E-state index contributed by atoms with van der Waals surface area (Å²) in [7, 11) is 1.68. The smallest absolute Gasteiger partial charge is 0.267 e. The molecule has 1 aliphatic carbocycles. The van der Waals surface area contributed by atoms with Crippen LogP contribution in [0.25, 0.3) is 10.9 Å². The summed E-state index contributed by atoms with van der Waals surface area (Å²) in [5.74, 6) is 0.828. The van der Waals surface area contributed by atoms with E-state index in [1.807, 2.05) is 24.4 Å². The highest BCUT2D eigenvalue weighted by atomic mass is 16.5. The number of methoxy groups -OCH3 is 1. The zero-order chi connectivity index (χ0) is 19.1. The fourth-order valence-corrected chi connectivity index (χ4v) is 4.60. The van der Waals surface area contributed by atoms with Crippen LogP contribution in [0.3, 0.4) is 0 Å². The van der Waals surface area contributed by atoms with Crippen LogP contribution in [0.15, 0.2) is 41.3 Å². The lowest BCUT2D eigenvalue weighted by molar-refractivity contribution is 0.415. The number of hydrogen-bond acceptors (Lipinski definition) is 5. The van der Waals surface area contributed by atoms with Gasteiger partial charge < -0.3 is 9.64 Å². The van der Waals surface area contributed by atoms with Crippen LogP contribution in [-0.4, -0.2) is 34.5 Å². The van der Waals surface area contributed by atoms with Crippen LogP contribution < -0.4 is 15.2 Å². The minimum absolute atomic E-state index is 0.0220. The van der Waals surface area contributed by atoms with Crippen molar-refractivity contribution in [2.75, 3.05) is 18.6 Å². The Morgan fingerprint density at radius 3 is 3.00 bits per heavy atom. The van der Waals surface area contributed by atoms with Crippen molar-refractivity contribution in [3.63, 3.8) is 0 Å². The molecule has 28 heavy (non-hydrogen) atoms. The first-order valence-electron chi connectivity index (χ1n) is 10.0. The van der Waals surface area contributed by atoms with Crippen molar-refractivity contribution in [2.45, 2.75) is 44.7 Å². The van der Waals surface area contributed by atoms with E-state index >= 15 is 0 Å². The van der Waals surface area contributed by atoms with Gasteiger partial charge in [0.15, 0.2) is 0 Å². The summed E-state index contributed by atoms with van der Waals surface area (Å²) < 4.78 is 7.10. The summed E-state index contributed by atoms with van der Waals surface area (Å²) in [4.78, 5) is 19.5. The fraction of sp³-hybridized carbons (Fsp3) is 0.409. The highest BCUT2D eigenvalue weighted by Crippen LogP contribution is 2.33. The molecule has 6 heteroatoms. The number of hydrogen-bond donors (Lipinski definition) is 0. The summed E-state index contributed by atoms with van der Waals surface area (Å²) in [6, 6.07) is 10.1. The number of pyridine rings is 1. The second-order valence-corrected chi connectivity index (χ2v) is 7.69. The Kier molecular flexibility index (Phi) is 4.26. The van der Waals surface area contributed by atoms with Gasteiger partial charge in [0.1, 0.15) is 5.75 Å². The van der Waals surface area contributed by atoms with Crippen molar-refractivity contribution < 1.29 is 4.74 Å². The van der Waals surface area contributed by atoms with Gasteiger partial charge in [-0.15, -0.1) is 0 Å². The van der Waals surface area contributed by atoms with Crippen LogP contribution in [0, 0.1) is 0 Å². The van der Waals surface area contributed by atoms with Crippen LogP contribution >= 0.6 is 0 Å². The van der Waals surface area contributed by atoms with Crippen LogP contribution in [0.1, 0.15) is 30.5 Å². The molecule has 0 amide bonds. The molecule has 0 N–H and O–H groups in total. The summed E-state index contributed by atoms with van der Waals surface area (Å²) in [5, 5.41) is 5.77. The number of anilines is 1. The van der Waals surface area contributed by atoms with Gasteiger partial charge in [0.25, 0.3) is 5.56 Å². The summed E-state index contributed by atoms with van der Waals surface area (Å²) in [5.41, 5.74) is 4.37. The lowest BCUT2D eigenvalue weighted by Gasteiger charge is -2.28. The molecule has 0 saturated carbocycles. The van der Waals surface area contributed by atoms with Crippen molar-refractivity contribution in [1.29, 1.82) is 0 Å². The van der Waals surface area contributed by atoms with Crippen molar-refractivity contribution in [3.8, 4) is 5.75 Å². The zero-order valence-corrected chi connectivity index (χ0v) is 16.1. The van der Waals surface area contributed by atoms with Crippen molar-refractivity contribution >= 4 is 16.6 Å². The maximum absolute atomic E-state index is 12.6. The number of aryl methyl sites for hydroxylation is 2. The number of benzene rings is 1. The van der Waals surface area contributed by atoms with Gasteiger partial charge in [0.05, 0.1) is 24.9 Å². The lowest BCUT2D eigenvalue weighted by Crippen LogP contribution is -2.37. The second kappa shape index (κ2) is 6.93. The molecule has 1 aliphatic heterocycles. The third kappa shape index (κ3) is 2.93. The molecule has 0 radical (unpaired) electrons. The van der Waals surface area contributed by atoms with Crippen molar-refractivity contribution in [1.82, 2.24) is 14.8 Å². The Morgan fingerprint density at radius 2 is 2.11 bits per heavy atom. The van der Waals surface area contributed by atoms with Gasteiger partial charge in [-0.25, -0.2) is 4.68 Å². The van der Waals surface area contributed by atoms with Crippen LogP contribution in [0.2, 0.25) is 0 Å². The van der Waals surface area contributed by atoms with Gasteiger partial charge in [-0.1, -0.05) is 0 Å². The van der Waals surface area contributed by atoms with Crippen LogP contribution in [0.4, 0.5) is 5.69 Å². The zero-order valence-electron chi connectivity index (χ0n) is 16.1. The maximum atomic E-state index is 12.6. The third-order valence-electron chi connectivity index (χ3n) is 6.02. The maximum Gasteiger partial charge on any atom is 0.267 e. The third-order valence-corrected chi connectivity index (χ3v) is 6.02. The van der Waals surface area contributed by atoms with Gasteiger partial charge in [-0.2, -0.15) is 5.10 Å². The van der Waals surface area contributed by atoms with E-state index in [0.29, 0.717) is 6.54 Å². The molecule has 6 nitrogen and oxygen atoms in total. The van der Waals surface area contributed by atoms with E-state index in [0.717, 1.165) is 72.2 Å². The molecule has 1 fully saturated rings. The molecule has 2 aliphatic rings. The molecule has 1 unspecified atom stereocenters. The quantitative estimate of drug-likeness (QED) is 0.701. The van der Waals surface area contributed by atoms with Gasteiger partial charge in [-0.3, -0.25) is 9.78 Å². The molecular weight excluding hydrogens is 352 g/mol. The van der Waals surface area contributed by atoms with Crippen molar-refractivity contribution in [2.24, 2.45) is 0 Å². The minimum atomic E-state index is 0.0220. The summed E-state index contributed by atoms with van der Waals surface area (Å²) in [6.45, 7) is 1.60. The molecule has 144 valence electrons. The predicted octanol–water partition coefficient (Wildman–Crippen LogP) is 2.96. The number of ether oxygens (including phenoxy) is 1. The second-order valence-electron chi connectivity index (χ2n) is 7.69. The van der Waals surface area contributed by atoms with E-state index in [9.17, 15) is 4.79 Å². The van der Waals surface area contributed by atoms with E-state index in [2.05, 4.69) is 21.0 Å². The van der Waals surface area contributed by atoms with E-state index in [4.69, 9.17) is 4.74 Å². The average Bonchev–Trinajstić information content (AvgIpc) is 3.36. The first-order valence-corrected chi connectivity index (χ1v) is 10.0. The fourth-order valence-electron chi connectivity index (χ4n) is 4.60. The van der Waals surface area contributed by atoms with Crippen molar-refractivity contribution in [3.05, 3.63) is 58.1 Å². The molecular formula is C22H24N4O2. The van der Waals surface area contributed by atoms with E-state index in [1.54, 1.807) is 17.9 Å². The predicted molar refractivity (Wildman–Crippen MR) is 109 cm³/mol. The first kappa shape index (κ1) is 17.2. The Bertz CT molecular complexity index is 1090. The molecule has 1 atom stereocenters. The molecule has 3 heterocycles. The topological polar surface area (TPSA) is 60.2 Å². The van der Waals surface area contributed by atoms with Gasteiger partial charge >= 0.3 is 0 Å². The molecule has 2 aromatic heterocycles. The molecule has 1 aromatic carbocycles. The summed E-state index contributed by atoms with van der Waals surface area (Å²) in [6.07, 6.45) is 7.10. The monoisotopic (exact) mass is 376 g/mol. The normalized spacial score (nSPS) is 18.6. The number of aromatic nitrogens is 3. The van der Waals surface area contributed by atoms with Gasteiger partial charge in [-0.05, 0) is 61.9 Å². The van der Waals surface area contributed by atoms with E-state index < -0.39 is 0 Å². The standard InChI is InChI=1S/C22H24N4O2/c1-28-17-7-8-20-18(13-17)21(9-10-23-20)25-11-3-5-16(25)14-26-22(27)12-15-4-2-6-19(15)24-26/h7-10,12-13,16H,2-6,11,14H2,1H3. The Balaban J connectivity index is 1.50. The first-order chi connectivity index (χ1) is 13.7. The minimum Gasteiger partial charge on any atom is -0.497 e.